The number of nitrogen functional groups attached to an aromatic ring is 1. The highest BCUT2D eigenvalue weighted by Gasteiger charge is 2.14. The van der Waals surface area contributed by atoms with Gasteiger partial charge in [-0.3, -0.25) is 4.98 Å². The van der Waals surface area contributed by atoms with Gasteiger partial charge in [-0.1, -0.05) is 18.2 Å². The number of para-hydroxylation sites is 1. The molecule has 2 N–H and O–H groups in total. The predicted molar refractivity (Wildman–Crippen MR) is 77.5 cm³/mol. The molecular formula is C15H16N4. The van der Waals surface area contributed by atoms with Crippen LogP contribution in [0.4, 0.5) is 5.69 Å². The van der Waals surface area contributed by atoms with Gasteiger partial charge in [-0.05, 0) is 32.4 Å². The number of pyridine rings is 1. The summed E-state index contributed by atoms with van der Waals surface area (Å²) in [4.78, 5) is 4.36. The molecule has 0 unspecified atom stereocenters. The molecule has 0 atom stereocenters. The first kappa shape index (κ1) is 11.7. The molecular weight excluding hydrogens is 236 g/mol. The Morgan fingerprint density at radius 1 is 1.11 bits per heavy atom. The summed E-state index contributed by atoms with van der Waals surface area (Å²) in [7, 11) is 0. The molecule has 4 heteroatoms. The van der Waals surface area contributed by atoms with Crippen molar-refractivity contribution in [3.63, 3.8) is 0 Å². The number of aryl methyl sites for hydroxylation is 1. The number of aromatic nitrogens is 3. The van der Waals surface area contributed by atoms with Crippen LogP contribution in [0.2, 0.25) is 0 Å². The molecule has 0 aliphatic rings. The average molecular weight is 252 g/mol. The highest BCUT2D eigenvalue weighted by Crippen LogP contribution is 2.28. The molecule has 3 aromatic rings. The number of anilines is 1. The zero-order valence-corrected chi connectivity index (χ0v) is 11.3. The number of fused-ring (bicyclic) bond motifs is 1. The van der Waals surface area contributed by atoms with Crippen LogP contribution in [0.1, 0.15) is 17.0 Å². The minimum absolute atomic E-state index is 0.643. The number of benzene rings is 1. The van der Waals surface area contributed by atoms with Gasteiger partial charge in [-0.2, -0.15) is 5.10 Å². The minimum atomic E-state index is 0.643. The second-order valence-corrected chi connectivity index (χ2v) is 4.79. The van der Waals surface area contributed by atoms with Crippen LogP contribution in [0, 0.1) is 20.8 Å². The molecule has 19 heavy (non-hydrogen) atoms. The zero-order chi connectivity index (χ0) is 13.6. The Hall–Kier alpha value is -2.36. The molecule has 0 bridgehead atoms. The Labute approximate surface area is 111 Å². The van der Waals surface area contributed by atoms with E-state index in [0.717, 1.165) is 28.0 Å². The fraction of sp³-hybridized carbons (Fsp3) is 0.200. The van der Waals surface area contributed by atoms with Crippen molar-refractivity contribution in [3.8, 4) is 5.69 Å². The van der Waals surface area contributed by atoms with E-state index >= 15 is 0 Å². The third-order valence-corrected chi connectivity index (χ3v) is 3.64. The van der Waals surface area contributed by atoms with Crippen LogP contribution in [0.3, 0.4) is 0 Å². The monoisotopic (exact) mass is 252 g/mol. The smallest absolute Gasteiger partial charge is 0.0987 e. The summed E-state index contributed by atoms with van der Waals surface area (Å²) in [6.07, 6.45) is 1.70. The first-order valence-corrected chi connectivity index (χ1v) is 6.26. The molecule has 2 aromatic heterocycles. The summed E-state index contributed by atoms with van der Waals surface area (Å²) >= 11 is 0. The van der Waals surface area contributed by atoms with E-state index in [1.807, 2.05) is 35.9 Å². The van der Waals surface area contributed by atoms with Crippen molar-refractivity contribution in [1.82, 2.24) is 14.8 Å². The molecule has 1 aromatic carbocycles. The van der Waals surface area contributed by atoms with Crippen LogP contribution in [0.25, 0.3) is 16.6 Å². The number of hydrogen-bond donors (Lipinski definition) is 1. The summed E-state index contributed by atoms with van der Waals surface area (Å²) in [6, 6.07) is 7.98. The van der Waals surface area contributed by atoms with Gasteiger partial charge >= 0.3 is 0 Å². The Morgan fingerprint density at radius 3 is 2.53 bits per heavy atom. The second-order valence-electron chi connectivity index (χ2n) is 4.79. The highest BCUT2D eigenvalue weighted by molar-refractivity contribution is 5.92. The lowest BCUT2D eigenvalue weighted by molar-refractivity contribution is 0.840. The summed E-state index contributed by atoms with van der Waals surface area (Å²) < 4.78 is 1.92. The van der Waals surface area contributed by atoms with Crippen molar-refractivity contribution in [1.29, 1.82) is 0 Å². The SMILES string of the molecule is Cc1nn(-c2c(N)cnc3ccccc23)c(C)c1C. The lowest BCUT2D eigenvalue weighted by Gasteiger charge is -2.11. The van der Waals surface area contributed by atoms with Crippen LogP contribution in [-0.4, -0.2) is 14.8 Å². The van der Waals surface area contributed by atoms with E-state index in [4.69, 9.17) is 5.73 Å². The van der Waals surface area contributed by atoms with Gasteiger partial charge in [0.05, 0.1) is 28.8 Å². The standard InChI is InChI=1S/C15H16N4/c1-9-10(2)18-19(11(9)3)15-12-6-4-5-7-14(12)17-8-13(15)16/h4-8H,16H2,1-3H3. The van der Waals surface area contributed by atoms with Crippen LogP contribution < -0.4 is 5.73 Å². The summed E-state index contributed by atoms with van der Waals surface area (Å²) in [5.41, 5.74) is 11.9. The molecule has 3 rings (SSSR count). The molecule has 0 aliphatic carbocycles. The van der Waals surface area contributed by atoms with E-state index < -0.39 is 0 Å². The number of nitrogens with two attached hydrogens (primary N) is 1. The van der Waals surface area contributed by atoms with Gasteiger partial charge in [0.2, 0.25) is 0 Å². The zero-order valence-electron chi connectivity index (χ0n) is 11.3. The molecule has 0 spiro atoms. The van der Waals surface area contributed by atoms with Crippen LogP contribution in [0.5, 0.6) is 0 Å². The topological polar surface area (TPSA) is 56.7 Å². The van der Waals surface area contributed by atoms with E-state index in [1.165, 1.54) is 5.56 Å². The third kappa shape index (κ3) is 1.68. The van der Waals surface area contributed by atoms with Gasteiger partial charge < -0.3 is 5.73 Å². The molecule has 0 fully saturated rings. The molecule has 0 saturated carbocycles. The van der Waals surface area contributed by atoms with Gasteiger partial charge in [-0.25, -0.2) is 4.68 Å². The maximum absolute atomic E-state index is 6.12. The molecule has 0 amide bonds. The van der Waals surface area contributed by atoms with Gasteiger partial charge in [0.1, 0.15) is 0 Å². The van der Waals surface area contributed by atoms with Gasteiger partial charge in [0, 0.05) is 11.1 Å². The minimum Gasteiger partial charge on any atom is -0.396 e. The van der Waals surface area contributed by atoms with Gasteiger partial charge in [0.15, 0.2) is 0 Å². The first-order valence-electron chi connectivity index (χ1n) is 6.26. The Balaban J connectivity index is 2.41. The average Bonchev–Trinajstić information content (AvgIpc) is 2.66. The van der Waals surface area contributed by atoms with E-state index in [0.29, 0.717) is 5.69 Å². The van der Waals surface area contributed by atoms with Crippen molar-refractivity contribution >= 4 is 16.6 Å². The number of hydrogen-bond acceptors (Lipinski definition) is 3. The molecule has 0 aliphatic heterocycles. The Morgan fingerprint density at radius 2 is 1.84 bits per heavy atom. The highest BCUT2D eigenvalue weighted by atomic mass is 15.3. The molecule has 96 valence electrons. The molecule has 2 heterocycles. The van der Waals surface area contributed by atoms with E-state index in [9.17, 15) is 0 Å². The van der Waals surface area contributed by atoms with Crippen LogP contribution in [0.15, 0.2) is 30.5 Å². The normalized spacial score (nSPS) is 11.1. The molecule has 0 radical (unpaired) electrons. The van der Waals surface area contributed by atoms with Crippen molar-refractivity contribution in [3.05, 3.63) is 47.4 Å². The number of rotatable bonds is 1. The summed E-state index contributed by atoms with van der Waals surface area (Å²) in [5, 5.41) is 5.62. The fourth-order valence-corrected chi connectivity index (χ4v) is 2.32. The fourth-order valence-electron chi connectivity index (χ4n) is 2.32. The van der Waals surface area contributed by atoms with E-state index in [-0.39, 0.29) is 0 Å². The van der Waals surface area contributed by atoms with Crippen molar-refractivity contribution < 1.29 is 0 Å². The summed E-state index contributed by atoms with van der Waals surface area (Å²) in [6.45, 7) is 6.15. The summed E-state index contributed by atoms with van der Waals surface area (Å²) in [5.74, 6) is 0. The van der Waals surface area contributed by atoms with Gasteiger partial charge in [0.25, 0.3) is 0 Å². The number of nitrogens with zero attached hydrogens (tertiary/aromatic N) is 3. The van der Waals surface area contributed by atoms with Crippen molar-refractivity contribution in [2.45, 2.75) is 20.8 Å². The van der Waals surface area contributed by atoms with E-state index in [1.54, 1.807) is 6.20 Å². The maximum atomic E-state index is 6.12. The van der Waals surface area contributed by atoms with E-state index in [2.05, 4.69) is 23.9 Å². The lowest BCUT2D eigenvalue weighted by Crippen LogP contribution is -2.05. The van der Waals surface area contributed by atoms with Crippen LogP contribution in [-0.2, 0) is 0 Å². The first-order chi connectivity index (χ1) is 9.09. The third-order valence-electron chi connectivity index (χ3n) is 3.64. The second kappa shape index (κ2) is 4.09. The quantitative estimate of drug-likeness (QED) is 0.724. The van der Waals surface area contributed by atoms with Crippen molar-refractivity contribution in [2.75, 3.05) is 5.73 Å². The molecule has 0 saturated heterocycles. The van der Waals surface area contributed by atoms with Crippen LogP contribution >= 0.6 is 0 Å². The van der Waals surface area contributed by atoms with Gasteiger partial charge in [-0.15, -0.1) is 0 Å². The Bertz CT molecular complexity index is 771. The molecule has 4 nitrogen and oxygen atoms in total. The largest absolute Gasteiger partial charge is 0.396 e. The maximum Gasteiger partial charge on any atom is 0.0987 e. The lowest BCUT2D eigenvalue weighted by atomic mass is 10.1. The Kier molecular flexibility index (Phi) is 2.52. The predicted octanol–water partition coefficient (Wildman–Crippen LogP) is 2.93. The van der Waals surface area contributed by atoms with Crippen molar-refractivity contribution in [2.24, 2.45) is 0 Å².